The van der Waals surface area contributed by atoms with Crippen molar-refractivity contribution in [2.75, 3.05) is 29.8 Å². The number of fused-ring (bicyclic) bond motifs is 1. The van der Waals surface area contributed by atoms with Gasteiger partial charge in [0, 0.05) is 34.6 Å². The molecule has 3 aromatic carbocycles. The first-order valence-electron chi connectivity index (χ1n) is 14.3. The van der Waals surface area contributed by atoms with E-state index >= 15 is 0 Å². The molecule has 1 N–H and O–H groups in total. The summed E-state index contributed by atoms with van der Waals surface area (Å²) in [5.41, 5.74) is 1.02. The van der Waals surface area contributed by atoms with E-state index in [4.69, 9.17) is 32.7 Å². The zero-order chi connectivity index (χ0) is 32.1. The number of rotatable bonds is 11. The van der Waals surface area contributed by atoms with Crippen molar-refractivity contribution in [3.63, 3.8) is 0 Å². The van der Waals surface area contributed by atoms with Gasteiger partial charge in [0.25, 0.3) is 0 Å². The van der Waals surface area contributed by atoms with E-state index < -0.39 is 34.1 Å². The van der Waals surface area contributed by atoms with Crippen molar-refractivity contribution in [2.45, 2.75) is 52.2 Å². The summed E-state index contributed by atoms with van der Waals surface area (Å²) in [6, 6.07) is 18.0. The second-order valence-electron chi connectivity index (χ2n) is 11.4. The number of anilines is 1. The molecule has 0 bridgehead atoms. The molecule has 0 aliphatic carbocycles. The summed E-state index contributed by atoms with van der Waals surface area (Å²) in [7, 11) is -3.94. The number of carbonyl (C=O) groups is 2. The average Bonchev–Trinajstić information content (AvgIpc) is 2.97. The number of nitrogens with zero attached hydrogens (tertiary/aromatic N) is 2. The molecule has 3 aromatic rings. The van der Waals surface area contributed by atoms with E-state index in [0.29, 0.717) is 40.3 Å². The monoisotopic (exact) mass is 661 g/mol. The van der Waals surface area contributed by atoms with Gasteiger partial charge in [-0.05, 0) is 63.1 Å². The number of carbonyl (C=O) groups excluding carboxylic acids is 2. The Balaban J connectivity index is 1.78. The Morgan fingerprint density at radius 2 is 1.64 bits per heavy atom. The summed E-state index contributed by atoms with van der Waals surface area (Å²) in [6.45, 7) is 7.13. The highest BCUT2D eigenvalue weighted by Crippen LogP contribution is 2.35. The maximum absolute atomic E-state index is 14.4. The molecule has 4 rings (SSSR count). The second kappa shape index (κ2) is 14.1. The zero-order valence-electron chi connectivity index (χ0n) is 25.2. The van der Waals surface area contributed by atoms with Crippen LogP contribution in [0.2, 0.25) is 10.0 Å². The summed E-state index contributed by atoms with van der Waals surface area (Å²) in [6.07, 6.45) is 0.185. The highest BCUT2D eigenvalue weighted by Gasteiger charge is 2.35. The smallest absolute Gasteiger partial charge is 0.244 e. The third kappa shape index (κ3) is 8.58. The van der Waals surface area contributed by atoms with Crippen molar-refractivity contribution in [2.24, 2.45) is 0 Å². The predicted molar refractivity (Wildman–Crippen MR) is 173 cm³/mol. The van der Waals surface area contributed by atoms with Gasteiger partial charge in [0.2, 0.25) is 21.8 Å². The van der Waals surface area contributed by atoms with Gasteiger partial charge in [-0.25, -0.2) is 8.42 Å². The van der Waals surface area contributed by atoms with Crippen molar-refractivity contribution in [3.05, 3.63) is 87.9 Å². The van der Waals surface area contributed by atoms with E-state index in [2.05, 4.69) is 5.32 Å². The van der Waals surface area contributed by atoms with E-state index in [1.54, 1.807) is 36.4 Å². The Morgan fingerprint density at radius 1 is 0.955 bits per heavy atom. The minimum Gasteiger partial charge on any atom is -0.486 e. The summed E-state index contributed by atoms with van der Waals surface area (Å²) in [5.74, 6) is -0.359. The van der Waals surface area contributed by atoms with Gasteiger partial charge < -0.3 is 19.7 Å². The molecule has 0 saturated heterocycles. The van der Waals surface area contributed by atoms with Crippen molar-refractivity contribution < 1.29 is 27.5 Å². The van der Waals surface area contributed by atoms with Crippen LogP contribution in [0.15, 0.2) is 66.7 Å². The molecule has 1 aliphatic rings. The Bertz CT molecular complexity index is 1600. The van der Waals surface area contributed by atoms with Gasteiger partial charge in [-0.1, -0.05) is 59.6 Å². The Labute approximate surface area is 269 Å². The van der Waals surface area contributed by atoms with Crippen LogP contribution in [0, 0.1) is 0 Å². The highest BCUT2D eigenvalue weighted by molar-refractivity contribution is 7.92. The molecule has 236 valence electrons. The maximum Gasteiger partial charge on any atom is 0.244 e. The topological polar surface area (TPSA) is 105 Å². The lowest BCUT2D eigenvalue weighted by molar-refractivity contribution is -0.140. The summed E-state index contributed by atoms with van der Waals surface area (Å²) in [5, 5.41) is 3.73. The standard InChI is InChI=1S/C32H37Cl2N3O6S/c1-5-44(40,41)37(25-13-14-28-29(19-25)43-16-15-42-28)21-30(38)36(20-23-11-12-24(33)18-26(23)34)27(31(39)35-32(2,3)4)17-22-9-7-6-8-10-22/h6-14,18-19,27H,5,15-17,20-21H2,1-4H3,(H,35,39)/t27-/m1/s1. The number of nitrogens with one attached hydrogen (secondary N) is 1. The number of amides is 2. The van der Waals surface area contributed by atoms with Gasteiger partial charge in [0.15, 0.2) is 11.5 Å². The highest BCUT2D eigenvalue weighted by atomic mass is 35.5. The molecule has 44 heavy (non-hydrogen) atoms. The molecule has 1 atom stereocenters. The summed E-state index contributed by atoms with van der Waals surface area (Å²) >= 11 is 12.7. The number of benzene rings is 3. The largest absolute Gasteiger partial charge is 0.486 e. The molecule has 2 amide bonds. The van der Waals surface area contributed by atoms with Crippen LogP contribution in [0.1, 0.15) is 38.8 Å². The van der Waals surface area contributed by atoms with Gasteiger partial charge in [0.05, 0.1) is 11.4 Å². The van der Waals surface area contributed by atoms with E-state index in [0.717, 1.165) is 9.87 Å². The van der Waals surface area contributed by atoms with Gasteiger partial charge in [-0.2, -0.15) is 0 Å². The Morgan fingerprint density at radius 3 is 2.27 bits per heavy atom. The summed E-state index contributed by atoms with van der Waals surface area (Å²) < 4.78 is 39.2. The second-order valence-corrected chi connectivity index (χ2v) is 14.5. The fourth-order valence-corrected chi connectivity index (χ4v) is 6.27. The van der Waals surface area contributed by atoms with Crippen molar-refractivity contribution in [1.29, 1.82) is 0 Å². The molecule has 0 unspecified atom stereocenters. The van der Waals surface area contributed by atoms with Crippen molar-refractivity contribution in [1.82, 2.24) is 10.2 Å². The van der Waals surface area contributed by atoms with Gasteiger partial charge >= 0.3 is 0 Å². The van der Waals surface area contributed by atoms with Gasteiger partial charge in [-0.3, -0.25) is 13.9 Å². The van der Waals surface area contributed by atoms with Gasteiger partial charge in [0.1, 0.15) is 25.8 Å². The third-order valence-corrected chi connectivity index (χ3v) is 9.25. The van der Waals surface area contributed by atoms with Gasteiger partial charge in [-0.15, -0.1) is 0 Å². The van der Waals surface area contributed by atoms with Crippen LogP contribution in [0.3, 0.4) is 0 Å². The number of hydrogen-bond donors (Lipinski definition) is 1. The van der Waals surface area contributed by atoms with Crippen LogP contribution < -0.4 is 19.1 Å². The number of halogens is 2. The number of sulfonamides is 1. The molecule has 0 saturated carbocycles. The first-order valence-corrected chi connectivity index (χ1v) is 16.6. The van der Waals surface area contributed by atoms with E-state index in [-0.39, 0.29) is 30.3 Å². The van der Waals surface area contributed by atoms with Crippen LogP contribution in [0.5, 0.6) is 11.5 Å². The molecule has 12 heteroatoms. The molecule has 1 heterocycles. The van der Waals surface area contributed by atoms with Crippen LogP contribution in [-0.4, -0.2) is 62.2 Å². The predicted octanol–water partition coefficient (Wildman–Crippen LogP) is 5.48. The summed E-state index contributed by atoms with van der Waals surface area (Å²) in [4.78, 5) is 29.7. The maximum atomic E-state index is 14.4. The van der Waals surface area contributed by atoms with Crippen LogP contribution in [0.25, 0.3) is 0 Å². The van der Waals surface area contributed by atoms with E-state index in [9.17, 15) is 18.0 Å². The molecule has 0 fully saturated rings. The number of ether oxygens (including phenoxy) is 2. The fourth-order valence-electron chi connectivity index (χ4n) is 4.75. The molecule has 0 radical (unpaired) electrons. The minimum atomic E-state index is -3.94. The molecule has 0 aromatic heterocycles. The normalized spacial score (nSPS) is 13.6. The lowest BCUT2D eigenvalue weighted by Crippen LogP contribution is -2.56. The average molecular weight is 663 g/mol. The lowest BCUT2D eigenvalue weighted by atomic mass is 10.0. The molecule has 0 spiro atoms. The van der Waals surface area contributed by atoms with E-state index in [1.165, 1.54) is 11.8 Å². The van der Waals surface area contributed by atoms with Crippen LogP contribution >= 0.6 is 23.2 Å². The molecular weight excluding hydrogens is 625 g/mol. The number of hydrogen-bond acceptors (Lipinski definition) is 6. The first-order chi connectivity index (χ1) is 20.8. The molecule has 1 aliphatic heterocycles. The molecular formula is C32H37Cl2N3O6S. The van der Waals surface area contributed by atoms with Crippen molar-refractivity contribution >= 4 is 50.7 Å². The Hall–Kier alpha value is -3.47. The Kier molecular flexibility index (Phi) is 10.7. The SMILES string of the molecule is CCS(=O)(=O)N(CC(=O)N(Cc1ccc(Cl)cc1Cl)[C@H](Cc1ccccc1)C(=O)NC(C)(C)C)c1ccc2c(c1)OCCO2. The fraction of sp³-hybridized carbons (Fsp3) is 0.375. The zero-order valence-corrected chi connectivity index (χ0v) is 27.5. The first kappa shape index (κ1) is 33.4. The van der Waals surface area contributed by atoms with Crippen molar-refractivity contribution in [3.8, 4) is 11.5 Å². The quantitative estimate of drug-likeness (QED) is 0.292. The minimum absolute atomic E-state index is 0.0644. The van der Waals surface area contributed by atoms with Crippen LogP contribution in [0.4, 0.5) is 5.69 Å². The third-order valence-electron chi connectivity index (χ3n) is 6.92. The van der Waals surface area contributed by atoms with Crippen LogP contribution in [-0.2, 0) is 32.6 Å². The lowest BCUT2D eigenvalue weighted by Gasteiger charge is -2.35. The molecule has 9 nitrogen and oxygen atoms in total. The van der Waals surface area contributed by atoms with E-state index in [1.807, 2.05) is 51.1 Å².